The Hall–Kier alpha value is -1.61. The van der Waals surface area contributed by atoms with Crippen LogP contribution in [0.3, 0.4) is 0 Å². The summed E-state index contributed by atoms with van der Waals surface area (Å²) in [5.41, 5.74) is 0. The van der Waals surface area contributed by atoms with Crippen LogP contribution in [0.5, 0.6) is 0 Å². The maximum absolute atomic E-state index is 12.9. The van der Waals surface area contributed by atoms with Gasteiger partial charge in [-0.25, -0.2) is 0 Å². The van der Waals surface area contributed by atoms with E-state index in [1.54, 1.807) is 0 Å². The van der Waals surface area contributed by atoms with Crippen molar-refractivity contribution in [3.8, 4) is 0 Å². The molecule has 1 fully saturated rings. The highest BCUT2D eigenvalue weighted by atomic mass is 32.2. The average molecular weight is 1030 g/mol. The molecule has 4 N–H and O–H groups in total. The van der Waals surface area contributed by atoms with Crippen LogP contribution in [0.4, 0.5) is 0 Å². The van der Waals surface area contributed by atoms with E-state index >= 15 is 0 Å². The van der Waals surface area contributed by atoms with Gasteiger partial charge in [0.1, 0.15) is 36.8 Å². The molecule has 12 nitrogen and oxygen atoms in total. The lowest BCUT2D eigenvalue weighted by atomic mass is 10.00. The Morgan fingerprint density at radius 1 is 0.465 bits per heavy atom. The number of ether oxygens (including phenoxy) is 4. The van der Waals surface area contributed by atoms with Crippen LogP contribution < -0.4 is 0 Å². The van der Waals surface area contributed by atoms with Crippen LogP contribution in [0.15, 0.2) is 12.2 Å². The highest BCUT2D eigenvalue weighted by Gasteiger charge is 2.46. The van der Waals surface area contributed by atoms with Gasteiger partial charge in [-0.1, -0.05) is 257 Å². The monoisotopic (exact) mass is 1030 g/mol. The molecule has 2 unspecified atom stereocenters. The molecule has 0 aromatic rings. The van der Waals surface area contributed by atoms with Crippen LogP contribution in [0.25, 0.3) is 0 Å². The molecule has 1 heterocycles. The zero-order chi connectivity index (χ0) is 51.9. The van der Waals surface area contributed by atoms with Gasteiger partial charge in [0.05, 0.1) is 6.61 Å². The van der Waals surface area contributed by atoms with Gasteiger partial charge in [0.25, 0.3) is 10.1 Å². The third-order valence-electron chi connectivity index (χ3n) is 14.1. The molecular formula is C58H110O12S. The van der Waals surface area contributed by atoms with Gasteiger partial charge >= 0.3 is 11.9 Å². The lowest BCUT2D eigenvalue weighted by Gasteiger charge is -2.40. The predicted molar refractivity (Wildman–Crippen MR) is 289 cm³/mol. The number of hydrogen-bond acceptors (Lipinski definition) is 11. The summed E-state index contributed by atoms with van der Waals surface area (Å²) in [6, 6.07) is 0. The normalized spacial score (nSPS) is 18.9. The Kier molecular flexibility index (Phi) is 45.6. The number of allylic oxidation sites excluding steroid dienone is 2. The Balaban J connectivity index is 2.29. The van der Waals surface area contributed by atoms with E-state index in [2.05, 4.69) is 26.0 Å². The van der Waals surface area contributed by atoms with Crippen molar-refractivity contribution in [2.45, 2.75) is 327 Å². The van der Waals surface area contributed by atoms with Gasteiger partial charge in [0, 0.05) is 12.8 Å². The van der Waals surface area contributed by atoms with Gasteiger partial charge in [0.2, 0.25) is 0 Å². The number of carbonyl (C=O) groups is 2. The first-order valence-corrected chi connectivity index (χ1v) is 31.4. The molecule has 0 aromatic heterocycles. The predicted octanol–water partition coefficient (Wildman–Crippen LogP) is 14.5. The van der Waals surface area contributed by atoms with E-state index in [1.807, 2.05) is 0 Å². The minimum atomic E-state index is -4.61. The second kappa shape index (κ2) is 48.1. The lowest BCUT2D eigenvalue weighted by molar-refractivity contribution is -0.297. The minimum absolute atomic E-state index is 0.166. The van der Waals surface area contributed by atoms with Crippen LogP contribution >= 0.6 is 0 Å². The number of hydrogen-bond donors (Lipinski definition) is 4. The summed E-state index contributed by atoms with van der Waals surface area (Å²) < 4.78 is 54.4. The van der Waals surface area contributed by atoms with Crippen molar-refractivity contribution in [1.82, 2.24) is 0 Å². The molecule has 0 spiro atoms. The Labute approximate surface area is 435 Å². The molecular weight excluding hydrogens is 921 g/mol. The van der Waals surface area contributed by atoms with Gasteiger partial charge < -0.3 is 34.3 Å². The molecule has 0 bridgehead atoms. The molecule has 6 atom stereocenters. The maximum atomic E-state index is 12.9. The Morgan fingerprint density at radius 3 is 1.21 bits per heavy atom. The van der Waals surface area contributed by atoms with E-state index < -0.39 is 71.2 Å². The molecule has 0 aromatic carbocycles. The van der Waals surface area contributed by atoms with Crippen molar-refractivity contribution >= 4 is 22.1 Å². The number of esters is 2. The van der Waals surface area contributed by atoms with Crippen molar-refractivity contribution in [3.05, 3.63) is 12.2 Å². The highest BCUT2D eigenvalue weighted by molar-refractivity contribution is 7.85. The molecule has 71 heavy (non-hydrogen) atoms. The molecule has 13 heteroatoms. The van der Waals surface area contributed by atoms with Crippen LogP contribution in [-0.4, -0.2) is 96.0 Å². The van der Waals surface area contributed by atoms with E-state index in [0.717, 1.165) is 32.1 Å². The van der Waals surface area contributed by atoms with E-state index in [4.69, 9.17) is 18.9 Å². The van der Waals surface area contributed by atoms with E-state index in [-0.39, 0.29) is 19.4 Å². The van der Waals surface area contributed by atoms with Crippen molar-refractivity contribution in [1.29, 1.82) is 0 Å². The number of aliphatic hydroxyl groups is 3. The minimum Gasteiger partial charge on any atom is -0.462 e. The van der Waals surface area contributed by atoms with Crippen LogP contribution in [0, 0.1) is 0 Å². The Morgan fingerprint density at radius 2 is 0.817 bits per heavy atom. The molecule has 1 aliphatic rings. The molecule has 1 rings (SSSR count). The fourth-order valence-corrected chi connectivity index (χ4v) is 10.2. The van der Waals surface area contributed by atoms with Crippen molar-refractivity contribution < 1.29 is 56.8 Å². The molecule has 420 valence electrons. The smallest absolute Gasteiger partial charge is 0.306 e. The molecule has 1 saturated heterocycles. The Bertz CT molecular complexity index is 1340. The van der Waals surface area contributed by atoms with Gasteiger partial charge in [-0.3, -0.25) is 14.1 Å². The summed E-state index contributed by atoms with van der Waals surface area (Å²) in [5, 5.41) is 31.1. The van der Waals surface area contributed by atoms with Crippen LogP contribution in [0.1, 0.15) is 290 Å². The molecule has 1 aliphatic heterocycles. The lowest BCUT2D eigenvalue weighted by Crippen LogP contribution is -2.60. The maximum Gasteiger partial charge on any atom is 0.306 e. The summed E-state index contributed by atoms with van der Waals surface area (Å²) in [7, 11) is -4.61. The standard InChI is InChI=1S/C58H110O12S/c1-3-5-7-9-11-13-15-17-19-21-23-25-26-27-29-30-32-34-36-38-40-42-44-46-53(59)67-48-51(49-68-58-57(63)56(62)55(61)52(70-58)50-71(64,65)66)69-54(60)47-45-43-41-39-37-35-33-31-28-24-22-20-18-16-14-12-10-8-6-4-2/h38,40,51-52,55-58,61-63H,3-37,39,41-50H2,1-2H3,(H,64,65,66)/b40-38+/t51-,52-,55-,56?,57?,58+/m1/s1. The number of aliphatic hydroxyl groups excluding tert-OH is 3. The van der Waals surface area contributed by atoms with Crippen molar-refractivity contribution in [2.75, 3.05) is 19.0 Å². The first kappa shape index (κ1) is 67.4. The summed E-state index contributed by atoms with van der Waals surface area (Å²) in [5.74, 6) is -2.00. The van der Waals surface area contributed by atoms with Gasteiger partial charge in [-0.05, 0) is 32.1 Å². The summed E-state index contributed by atoms with van der Waals surface area (Å²) in [4.78, 5) is 25.6. The van der Waals surface area contributed by atoms with Crippen molar-refractivity contribution in [3.63, 3.8) is 0 Å². The largest absolute Gasteiger partial charge is 0.462 e. The van der Waals surface area contributed by atoms with Gasteiger partial charge in [-0.15, -0.1) is 0 Å². The first-order valence-electron chi connectivity index (χ1n) is 29.7. The highest BCUT2D eigenvalue weighted by Crippen LogP contribution is 2.24. The molecule has 0 amide bonds. The summed E-state index contributed by atoms with van der Waals surface area (Å²) in [6.07, 6.45) is 47.0. The fourth-order valence-electron chi connectivity index (χ4n) is 9.51. The topological polar surface area (TPSA) is 186 Å². The third kappa shape index (κ3) is 42.3. The molecule has 0 radical (unpaired) electrons. The second-order valence-electron chi connectivity index (χ2n) is 21.0. The quantitative estimate of drug-likeness (QED) is 0.0196. The number of carbonyl (C=O) groups excluding carboxylic acids is 2. The van der Waals surface area contributed by atoms with E-state index in [0.29, 0.717) is 12.8 Å². The van der Waals surface area contributed by atoms with E-state index in [9.17, 15) is 37.9 Å². The molecule has 0 aliphatic carbocycles. The zero-order valence-corrected chi connectivity index (χ0v) is 46.4. The molecule has 0 saturated carbocycles. The zero-order valence-electron chi connectivity index (χ0n) is 45.6. The summed E-state index contributed by atoms with van der Waals surface area (Å²) >= 11 is 0. The first-order chi connectivity index (χ1) is 34.5. The van der Waals surface area contributed by atoms with Crippen molar-refractivity contribution in [2.24, 2.45) is 0 Å². The van der Waals surface area contributed by atoms with Gasteiger partial charge in [0.15, 0.2) is 12.4 Å². The SMILES string of the molecule is CCCCCCCCCCCCCCCCCCCC/C=C/CCCC(=O)OC[C@H](CO[C@H]1O[C@H](CS(=O)(=O)O)[C@@H](O)C(O)C1O)OC(=O)CCCCCCCCCCCCCCCCCCCCCC. The van der Waals surface area contributed by atoms with E-state index in [1.165, 1.54) is 218 Å². The fraction of sp³-hybridized carbons (Fsp3) is 0.931. The third-order valence-corrected chi connectivity index (χ3v) is 14.8. The second-order valence-corrected chi connectivity index (χ2v) is 22.5. The summed E-state index contributed by atoms with van der Waals surface area (Å²) in [6.45, 7) is 3.81. The van der Waals surface area contributed by atoms with Crippen LogP contribution in [0.2, 0.25) is 0 Å². The number of unbranched alkanes of at least 4 members (excludes halogenated alkanes) is 38. The number of rotatable bonds is 52. The average Bonchev–Trinajstić information content (AvgIpc) is 3.34. The van der Waals surface area contributed by atoms with Gasteiger partial charge in [-0.2, -0.15) is 8.42 Å². The van der Waals surface area contributed by atoms with Crippen LogP contribution in [-0.2, 0) is 38.7 Å².